The molecule has 0 radical (unpaired) electrons. The zero-order chi connectivity index (χ0) is 16.2. The quantitative estimate of drug-likeness (QED) is 0.730. The number of ether oxygens (including phenoxy) is 1. The Morgan fingerprint density at radius 3 is 2.43 bits per heavy atom. The van der Waals surface area contributed by atoms with Crippen molar-refractivity contribution in [1.29, 1.82) is 0 Å². The van der Waals surface area contributed by atoms with Crippen LogP contribution >= 0.6 is 0 Å². The third-order valence-electron chi connectivity index (χ3n) is 3.51. The second-order valence-electron chi connectivity index (χ2n) is 5.56. The maximum absolute atomic E-state index is 5.82. The zero-order valence-corrected chi connectivity index (χ0v) is 13.6. The van der Waals surface area contributed by atoms with Gasteiger partial charge in [0, 0.05) is 23.0 Å². The highest BCUT2D eigenvalue weighted by molar-refractivity contribution is 5.60. The molecule has 116 valence electrons. The third kappa shape index (κ3) is 3.72. The van der Waals surface area contributed by atoms with E-state index in [-0.39, 0.29) is 0 Å². The Labute approximate surface area is 136 Å². The minimum atomic E-state index is 0.514. The Balaban J connectivity index is 1.80. The molecular formula is C19H19N3O. The Hall–Kier alpha value is -2.75. The van der Waals surface area contributed by atoms with Crippen molar-refractivity contribution in [2.75, 3.05) is 0 Å². The lowest BCUT2D eigenvalue weighted by atomic mass is 10.1. The summed E-state index contributed by atoms with van der Waals surface area (Å²) in [5.74, 6) is 1.42. The van der Waals surface area contributed by atoms with Crippen molar-refractivity contribution in [3.8, 4) is 17.1 Å². The average Bonchev–Trinajstić information content (AvgIpc) is 2.54. The molecule has 1 aromatic carbocycles. The van der Waals surface area contributed by atoms with Crippen LogP contribution in [0, 0.1) is 20.8 Å². The van der Waals surface area contributed by atoms with Gasteiger partial charge in [-0.15, -0.1) is 0 Å². The van der Waals surface area contributed by atoms with Crippen molar-refractivity contribution < 1.29 is 4.74 Å². The van der Waals surface area contributed by atoms with Gasteiger partial charge in [0.25, 0.3) is 0 Å². The average molecular weight is 305 g/mol. The summed E-state index contributed by atoms with van der Waals surface area (Å²) in [6.45, 7) is 6.38. The molecule has 2 heterocycles. The largest absolute Gasteiger partial charge is 0.473 e. The second-order valence-corrected chi connectivity index (χ2v) is 5.56. The maximum atomic E-state index is 5.82. The molecule has 0 fully saturated rings. The van der Waals surface area contributed by atoms with Crippen LogP contribution in [0.5, 0.6) is 5.88 Å². The minimum absolute atomic E-state index is 0.514. The number of pyridine rings is 1. The summed E-state index contributed by atoms with van der Waals surface area (Å²) in [5.41, 5.74) is 4.94. The van der Waals surface area contributed by atoms with Gasteiger partial charge >= 0.3 is 0 Å². The van der Waals surface area contributed by atoms with Crippen LogP contribution in [0.3, 0.4) is 0 Å². The Bertz CT molecular complexity index is 796. The van der Waals surface area contributed by atoms with Gasteiger partial charge in [0.15, 0.2) is 0 Å². The summed E-state index contributed by atoms with van der Waals surface area (Å²) in [6, 6.07) is 14.1. The first-order valence-corrected chi connectivity index (χ1v) is 7.58. The Kier molecular flexibility index (Phi) is 4.33. The van der Waals surface area contributed by atoms with Crippen molar-refractivity contribution in [2.45, 2.75) is 27.4 Å². The van der Waals surface area contributed by atoms with E-state index in [0.717, 1.165) is 33.9 Å². The van der Waals surface area contributed by atoms with Crippen LogP contribution in [-0.2, 0) is 6.61 Å². The van der Waals surface area contributed by atoms with Crippen LogP contribution in [0.25, 0.3) is 11.3 Å². The molecule has 4 heteroatoms. The minimum Gasteiger partial charge on any atom is -0.473 e. The topological polar surface area (TPSA) is 47.9 Å². The lowest BCUT2D eigenvalue weighted by molar-refractivity contribution is 0.291. The molecule has 0 aliphatic rings. The smallest absolute Gasteiger partial charge is 0.216 e. The molecule has 2 aromatic heterocycles. The van der Waals surface area contributed by atoms with Crippen molar-refractivity contribution in [3.05, 3.63) is 71.3 Å². The van der Waals surface area contributed by atoms with Gasteiger partial charge in [0.2, 0.25) is 5.88 Å². The number of aryl methyl sites for hydroxylation is 3. The van der Waals surface area contributed by atoms with Crippen LogP contribution in [0.15, 0.2) is 48.7 Å². The normalized spacial score (nSPS) is 10.6. The Morgan fingerprint density at radius 1 is 0.957 bits per heavy atom. The fraction of sp³-hybridized carbons (Fsp3) is 0.211. The van der Waals surface area contributed by atoms with Crippen molar-refractivity contribution in [3.63, 3.8) is 0 Å². The molecule has 0 unspecified atom stereocenters. The van der Waals surface area contributed by atoms with E-state index in [1.165, 1.54) is 0 Å². The van der Waals surface area contributed by atoms with E-state index >= 15 is 0 Å². The zero-order valence-electron chi connectivity index (χ0n) is 13.6. The number of nitrogens with zero attached hydrogens (tertiary/aromatic N) is 3. The van der Waals surface area contributed by atoms with E-state index in [1.54, 1.807) is 6.20 Å². The van der Waals surface area contributed by atoms with Gasteiger partial charge in [-0.3, -0.25) is 0 Å². The predicted molar refractivity (Wildman–Crippen MR) is 90.2 cm³/mol. The van der Waals surface area contributed by atoms with Crippen LogP contribution < -0.4 is 4.74 Å². The molecule has 0 aliphatic carbocycles. The number of aromatic nitrogens is 3. The van der Waals surface area contributed by atoms with E-state index in [9.17, 15) is 0 Å². The van der Waals surface area contributed by atoms with Crippen LogP contribution in [-0.4, -0.2) is 15.0 Å². The lowest BCUT2D eigenvalue weighted by Gasteiger charge is -2.10. The molecule has 0 N–H and O–H groups in total. The summed E-state index contributed by atoms with van der Waals surface area (Å²) >= 11 is 0. The van der Waals surface area contributed by atoms with E-state index < -0.39 is 0 Å². The van der Waals surface area contributed by atoms with Crippen LogP contribution in [0.4, 0.5) is 0 Å². The highest BCUT2D eigenvalue weighted by Crippen LogP contribution is 2.23. The van der Waals surface area contributed by atoms with Gasteiger partial charge in [-0.25, -0.2) is 15.0 Å². The predicted octanol–water partition coefficient (Wildman–Crippen LogP) is 4.04. The van der Waals surface area contributed by atoms with E-state index in [4.69, 9.17) is 4.74 Å². The first-order valence-electron chi connectivity index (χ1n) is 7.58. The molecule has 4 nitrogen and oxygen atoms in total. The van der Waals surface area contributed by atoms with Gasteiger partial charge in [-0.2, -0.15) is 0 Å². The molecule has 0 spiro atoms. The van der Waals surface area contributed by atoms with E-state index in [0.29, 0.717) is 12.5 Å². The highest BCUT2D eigenvalue weighted by Gasteiger charge is 2.07. The first kappa shape index (κ1) is 15.2. The molecule has 23 heavy (non-hydrogen) atoms. The molecule has 0 atom stereocenters. The summed E-state index contributed by atoms with van der Waals surface area (Å²) < 4.78 is 5.82. The fourth-order valence-corrected chi connectivity index (χ4v) is 2.44. The fourth-order valence-electron chi connectivity index (χ4n) is 2.44. The summed E-state index contributed by atoms with van der Waals surface area (Å²) in [5, 5.41) is 0. The van der Waals surface area contributed by atoms with Gasteiger partial charge < -0.3 is 4.74 Å². The second kappa shape index (κ2) is 6.57. The van der Waals surface area contributed by atoms with Gasteiger partial charge in [0.05, 0.1) is 5.69 Å². The van der Waals surface area contributed by atoms with Gasteiger partial charge in [-0.1, -0.05) is 30.3 Å². The molecule has 0 saturated carbocycles. The van der Waals surface area contributed by atoms with Gasteiger partial charge in [0.1, 0.15) is 12.4 Å². The first-order chi connectivity index (χ1) is 11.1. The van der Waals surface area contributed by atoms with Crippen molar-refractivity contribution in [2.24, 2.45) is 0 Å². The van der Waals surface area contributed by atoms with E-state index in [1.807, 2.05) is 57.2 Å². The number of hydrogen-bond acceptors (Lipinski definition) is 4. The third-order valence-corrected chi connectivity index (χ3v) is 3.51. The van der Waals surface area contributed by atoms with Crippen LogP contribution in [0.2, 0.25) is 0 Å². The van der Waals surface area contributed by atoms with E-state index in [2.05, 4.69) is 21.0 Å². The summed E-state index contributed by atoms with van der Waals surface area (Å²) in [7, 11) is 0. The lowest BCUT2D eigenvalue weighted by Crippen LogP contribution is -2.00. The molecule has 0 amide bonds. The highest BCUT2D eigenvalue weighted by atomic mass is 16.5. The number of benzene rings is 1. The molecule has 0 aliphatic heterocycles. The van der Waals surface area contributed by atoms with Crippen molar-refractivity contribution >= 4 is 0 Å². The maximum Gasteiger partial charge on any atom is 0.216 e. The number of hydrogen-bond donors (Lipinski definition) is 0. The van der Waals surface area contributed by atoms with Crippen LogP contribution in [0.1, 0.15) is 22.6 Å². The Morgan fingerprint density at radius 2 is 1.74 bits per heavy atom. The molecule has 3 aromatic rings. The molecule has 0 saturated heterocycles. The molecule has 0 bridgehead atoms. The number of rotatable bonds is 4. The molecule has 3 rings (SSSR count). The molecular weight excluding hydrogens is 286 g/mol. The summed E-state index contributed by atoms with van der Waals surface area (Å²) in [6.07, 6.45) is 1.80. The summed E-state index contributed by atoms with van der Waals surface area (Å²) in [4.78, 5) is 13.2. The monoisotopic (exact) mass is 305 g/mol. The van der Waals surface area contributed by atoms with Crippen molar-refractivity contribution in [1.82, 2.24) is 15.0 Å². The SMILES string of the molecule is Cc1cc(-c2cnc(OCc3ccccc3)c(C)c2)nc(C)n1. The van der Waals surface area contributed by atoms with Gasteiger partial charge in [-0.05, 0) is 38.5 Å². The standard InChI is InChI=1S/C19H19N3O/c1-13-9-17(18-10-14(2)21-15(3)22-18)11-20-19(13)23-12-16-7-5-4-6-8-16/h4-11H,12H2,1-3H3.